The normalized spacial score (nSPS) is 21.6. The second-order valence-electron chi connectivity index (χ2n) is 2.98. The molecule has 3 heteroatoms. The van der Waals surface area contributed by atoms with Gasteiger partial charge < -0.3 is 5.21 Å². The molecule has 3 nitrogen and oxygen atoms in total. The molecule has 1 aliphatic carbocycles. The minimum absolute atomic E-state index is 0.214. The zero-order valence-electron chi connectivity index (χ0n) is 6.49. The van der Waals surface area contributed by atoms with Gasteiger partial charge in [0.25, 0.3) is 0 Å². The SMILES string of the molecule is O=C/C(=N\O)C1CCCCC1. The van der Waals surface area contributed by atoms with Gasteiger partial charge in [0.15, 0.2) is 6.29 Å². The fourth-order valence-corrected chi connectivity index (χ4v) is 1.60. The summed E-state index contributed by atoms with van der Waals surface area (Å²) in [7, 11) is 0. The molecule has 1 rings (SSSR count). The molecule has 1 fully saturated rings. The van der Waals surface area contributed by atoms with Crippen LogP contribution in [0.4, 0.5) is 0 Å². The summed E-state index contributed by atoms with van der Waals surface area (Å²) in [5, 5.41) is 11.4. The van der Waals surface area contributed by atoms with Gasteiger partial charge in [-0.1, -0.05) is 24.4 Å². The molecule has 0 atom stereocenters. The first-order chi connectivity index (χ1) is 5.38. The molecule has 0 aromatic rings. The Labute approximate surface area is 66.1 Å². The Bertz CT molecular complexity index is 159. The van der Waals surface area contributed by atoms with E-state index >= 15 is 0 Å². The monoisotopic (exact) mass is 155 g/mol. The van der Waals surface area contributed by atoms with Crippen LogP contribution in [-0.2, 0) is 4.79 Å². The number of rotatable bonds is 2. The lowest BCUT2D eigenvalue weighted by atomic mass is 9.86. The molecule has 62 valence electrons. The van der Waals surface area contributed by atoms with E-state index in [1.807, 2.05) is 0 Å². The number of aldehydes is 1. The lowest BCUT2D eigenvalue weighted by molar-refractivity contribution is -0.103. The second-order valence-corrected chi connectivity index (χ2v) is 2.98. The van der Waals surface area contributed by atoms with Gasteiger partial charge in [-0.05, 0) is 12.8 Å². The highest BCUT2D eigenvalue weighted by Crippen LogP contribution is 2.24. The van der Waals surface area contributed by atoms with Crippen molar-refractivity contribution in [2.45, 2.75) is 32.1 Å². The molecule has 0 aromatic heterocycles. The molecule has 0 unspecified atom stereocenters. The molecule has 0 heterocycles. The Morgan fingerprint density at radius 1 is 1.36 bits per heavy atom. The highest BCUT2D eigenvalue weighted by Gasteiger charge is 2.18. The summed E-state index contributed by atoms with van der Waals surface area (Å²) in [5.41, 5.74) is 0.324. The maximum Gasteiger partial charge on any atom is 0.167 e. The molecule has 11 heavy (non-hydrogen) atoms. The fraction of sp³-hybridized carbons (Fsp3) is 0.750. The largest absolute Gasteiger partial charge is 0.411 e. The van der Waals surface area contributed by atoms with Gasteiger partial charge in [0, 0.05) is 5.92 Å². The number of carbonyl (C=O) groups is 1. The van der Waals surface area contributed by atoms with E-state index in [2.05, 4.69) is 5.16 Å². The van der Waals surface area contributed by atoms with E-state index < -0.39 is 0 Å². The summed E-state index contributed by atoms with van der Waals surface area (Å²) < 4.78 is 0. The van der Waals surface area contributed by atoms with E-state index in [9.17, 15) is 4.79 Å². The van der Waals surface area contributed by atoms with Crippen LogP contribution in [0.3, 0.4) is 0 Å². The third kappa shape index (κ3) is 2.03. The smallest absolute Gasteiger partial charge is 0.167 e. The standard InChI is InChI=1S/C8H13NO2/c10-6-8(9-11)7-4-2-1-3-5-7/h6-7,11H,1-5H2/b9-8+. The van der Waals surface area contributed by atoms with Gasteiger partial charge in [-0.2, -0.15) is 0 Å². The van der Waals surface area contributed by atoms with Crippen LogP contribution in [0.2, 0.25) is 0 Å². The van der Waals surface area contributed by atoms with Crippen molar-refractivity contribution in [3.05, 3.63) is 0 Å². The van der Waals surface area contributed by atoms with E-state index in [0.29, 0.717) is 12.0 Å². The van der Waals surface area contributed by atoms with Gasteiger partial charge >= 0.3 is 0 Å². The molecule has 0 spiro atoms. The zero-order chi connectivity index (χ0) is 8.10. The molecular formula is C8H13NO2. The van der Waals surface area contributed by atoms with Gasteiger partial charge in [-0.25, -0.2) is 0 Å². The molecule has 1 saturated carbocycles. The van der Waals surface area contributed by atoms with Gasteiger partial charge in [0.1, 0.15) is 5.71 Å². The van der Waals surface area contributed by atoms with Crippen molar-refractivity contribution in [3.63, 3.8) is 0 Å². The van der Waals surface area contributed by atoms with E-state index in [-0.39, 0.29) is 5.92 Å². The third-order valence-electron chi connectivity index (χ3n) is 2.26. The number of hydrogen-bond acceptors (Lipinski definition) is 3. The first kappa shape index (κ1) is 8.24. The van der Waals surface area contributed by atoms with Gasteiger partial charge in [-0.3, -0.25) is 4.79 Å². The van der Waals surface area contributed by atoms with Crippen LogP contribution in [0.1, 0.15) is 32.1 Å². The van der Waals surface area contributed by atoms with Crippen LogP contribution >= 0.6 is 0 Å². The molecule has 0 bridgehead atoms. The Morgan fingerprint density at radius 2 is 2.00 bits per heavy atom. The van der Waals surface area contributed by atoms with Gasteiger partial charge in [0.05, 0.1) is 0 Å². The van der Waals surface area contributed by atoms with Crippen molar-refractivity contribution in [3.8, 4) is 0 Å². The molecule has 0 aromatic carbocycles. The number of nitrogens with zero attached hydrogens (tertiary/aromatic N) is 1. The summed E-state index contributed by atoms with van der Waals surface area (Å²) in [5.74, 6) is 0.214. The molecule has 1 aliphatic rings. The topological polar surface area (TPSA) is 49.7 Å². The summed E-state index contributed by atoms with van der Waals surface area (Å²) in [6, 6.07) is 0. The average molecular weight is 155 g/mol. The number of oxime groups is 1. The molecule has 0 saturated heterocycles. The Hall–Kier alpha value is -0.860. The summed E-state index contributed by atoms with van der Waals surface area (Å²) >= 11 is 0. The number of hydrogen-bond donors (Lipinski definition) is 1. The molecule has 0 radical (unpaired) electrons. The second kappa shape index (κ2) is 4.11. The summed E-state index contributed by atoms with van der Waals surface area (Å²) in [6.45, 7) is 0. The predicted octanol–water partition coefficient (Wildman–Crippen LogP) is 1.60. The molecule has 0 amide bonds. The van der Waals surface area contributed by atoms with Crippen LogP contribution in [0.5, 0.6) is 0 Å². The summed E-state index contributed by atoms with van der Waals surface area (Å²) in [4.78, 5) is 10.3. The predicted molar refractivity (Wildman–Crippen MR) is 41.9 cm³/mol. The highest BCUT2D eigenvalue weighted by atomic mass is 16.4. The first-order valence-corrected chi connectivity index (χ1v) is 4.05. The Morgan fingerprint density at radius 3 is 2.45 bits per heavy atom. The Balaban J connectivity index is 2.49. The van der Waals surface area contributed by atoms with Crippen molar-refractivity contribution in [2.24, 2.45) is 11.1 Å². The molecule has 1 N–H and O–H groups in total. The van der Waals surface area contributed by atoms with Crippen molar-refractivity contribution in [2.75, 3.05) is 0 Å². The van der Waals surface area contributed by atoms with E-state index in [0.717, 1.165) is 25.7 Å². The van der Waals surface area contributed by atoms with E-state index in [4.69, 9.17) is 5.21 Å². The van der Waals surface area contributed by atoms with Crippen LogP contribution in [0, 0.1) is 5.92 Å². The minimum atomic E-state index is 0.214. The lowest BCUT2D eigenvalue weighted by Crippen LogP contribution is -2.18. The van der Waals surface area contributed by atoms with Gasteiger partial charge in [-0.15, -0.1) is 0 Å². The Kier molecular flexibility index (Phi) is 3.08. The van der Waals surface area contributed by atoms with Crippen LogP contribution in [0.25, 0.3) is 0 Å². The van der Waals surface area contributed by atoms with Gasteiger partial charge in [0.2, 0.25) is 0 Å². The zero-order valence-corrected chi connectivity index (χ0v) is 6.49. The number of carbonyl (C=O) groups excluding carboxylic acids is 1. The van der Waals surface area contributed by atoms with Crippen molar-refractivity contribution >= 4 is 12.0 Å². The minimum Gasteiger partial charge on any atom is -0.411 e. The van der Waals surface area contributed by atoms with Crippen LogP contribution in [0.15, 0.2) is 5.16 Å². The first-order valence-electron chi connectivity index (χ1n) is 4.05. The highest BCUT2D eigenvalue weighted by molar-refractivity contribution is 6.29. The van der Waals surface area contributed by atoms with Crippen molar-refractivity contribution in [1.29, 1.82) is 0 Å². The van der Waals surface area contributed by atoms with Crippen LogP contribution in [-0.4, -0.2) is 17.2 Å². The van der Waals surface area contributed by atoms with E-state index in [1.54, 1.807) is 0 Å². The van der Waals surface area contributed by atoms with Crippen molar-refractivity contribution < 1.29 is 10.0 Å². The maximum absolute atomic E-state index is 10.3. The third-order valence-corrected chi connectivity index (χ3v) is 2.26. The summed E-state index contributed by atoms with van der Waals surface area (Å²) in [6.07, 6.45) is 6.20. The van der Waals surface area contributed by atoms with Crippen LogP contribution < -0.4 is 0 Å². The quantitative estimate of drug-likeness (QED) is 0.285. The fourth-order valence-electron chi connectivity index (χ4n) is 1.60. The maximum atomic E-state index is 10.3. The van der Waals surface area contributed by atoms with Crippen molar-refractivity contribution in [1.82, 2.24) is 0 Å². The van der Waals surface area contributed by atoms with E-state index in [1.165, 1.54) is 6.42 Å². The lowest BCUT2D eigenvalue weighted by Gasteiger charge is -2.19. The molecule has 0 aliphatic heterocycles. The molecular weight excluding hydrogens is 142 g/mol. The average Bonchev–Trinajstić information content (AvgIpc) is 2.09.